The van der Waals surface area contributed by atoms with Gasteiger partial charge in [0.2, 0.25) is 0 Å². The lowest BCUT2D eigenvalue weighted by molar-refractivity contribution is 0.809. The molecule has 0 fully saturated rings. The number of anilines is 1. The highest BCUT2D eigenvalue weighted by molar-refractivity contribution is 9.13. The van der Waals surface area contributed by atoms with Gasteiger partial charge in [-0.15, -0.1) is 0 Å². The zero-order valence-corrected chi connectivity index (χ0v) is 16.8. The molecule has 0 radical (unpaired) electrons. The van der Waals surface area contributed by atoms with Gasteiger partial charge < -0.3 is 5.32 Å². The summed E-state index contributed by atoms with van der Waals surface area (Å²) in [7, 11) is 0. The van der Waals surface area contributed by atoms with Gasteiger partial charge in [0.1, 0.15) is 5.82 Å². The summed E-state index contributed by atoms with van der Waals surface area (Å²) in [6, 6.07) is 6.03. The lowest BCUT2D eigenvalue weighted by Crippen LogP contribution is -2.07. The molecule has 21 heavy (non-hydrogen) atoms. The van der Waals surface area contributed by atoms with Crippen LogP contribution in [0, 0.1) is 0 Å². The predicted octanol–water partition coefficient (Wildman–Crippen LogP) is 5.99. The largest absolute Gasteiger partial charge is 0.369 e. The second-order valence-electron chi connectivity index (χ2n) is 4.91. The average molecular weight is 478 g/mol. The first-order valence-electron chi connectivity index (χ1n) is 6.70. The number of rotatable bonds is 4. The first-order valence-corrected chi connectivity index (χ1v) is 9.08. The number of hydrogen-bond acceptors (Lipinski definition) is 3. The molecule has 1 heterocycles. The van der Waals surface area contributed by atoms with Crippen molar-refractivity contribution < 1.29 is 0 Å². The van der Waals surface area contributed by atoms with E-state index >= 15 is 0 Å². The predicted molar refractivity (Wildman–Crippen MR) is 98.8 cm³/mol. The first kappa shape index (κ1) is 16.9. The van der Waals surface area contributed by atoms with Crippen molar-refractivity contribution in [3.8, 4) is 11.4 Å². The van der Waals surface area contributed by atoms with E-state index in [9.17, 15) is 0 Å². The van der Waals surface area contributed by atoms with Crippen molar-refractivity contribution in [2.45, 2.75) is 26.7 Å². The van der Waals surface area contributed by atoms with E-state index in [2.05, 4.69) is 78.9 Å². The van der Waals surface area contributed by atoms with E-state index in [-0.39, 0.29) is 0 Å². The Labute approximate surface area is 150 Å². The van der Waals surface area contributed by atoms with E-state index in [4.69, 9.17) is 4.98 Å². The molecule has 0 atom stereocenters. The van der Waals surface area contributed by atoms with Gasteiger partial charge in [0, 0.05) is 21.1 Å². The van der Waals surface area contributed by atoms with Gasteiger partial charge in [-0.05, 0) is 78.8 Å². The normalized spacial score (nSPS) is 11.0. The van der Waals surface area contributed by atoms with Crippen LogP contribution in [0.5, 0.6) is 0 Å². The van der Waals surface area contributed by atoms with Gasteiger partial charge in [-0.2, -0.15) is 0 Å². The quantitative estimate of drug-likeness (QED) is 0.588. The molecule has 0 amide bonds. The van der Waals surface area contributed by atoms with E-state index in [0.29, 0.717) is 5.92 Å². The topological polar surface area (TPSA) is 37.8 Å². The molecule has 1 N–H and O–H groups in total. The molecule has 0 aliphatic rings. The number of aromatic nitrogens is 2. The fourth-order valence-electron chi connectivity index (χ4n) is 1.90. The third kappa shape index (κ3) is 3.85. The fourth-order valence-corrected chi connectivity index (χ4v) is 3.30. The third-order valence-electron chi connectivity index (χ3n) is 2.95. The Bertz CT molecular complexity index is 657. The van der Waals surface area contributed by atoms with E-state index in [1.807, 2.05) is 18.2 Å². The molecule has 0 saturated heterocycles. The van der Waals surface area contributed by atoms with Gasteiger partial charge in [-0.1, -0.05) is 13.8 Å². The van der Waals surface area contributed by atoms with Crippen molar-refractivity contribution in [2.24, 2.45) is 0 Å². The SMILES string of the molecule is CCNc1nc(-c2ccc(Br)c(Br)c2)nc(C(C)C)c1Br. The molecule has 0 bridgehead atoms. The molecular formula is C15H16Br3N3. The molecule has 0 spiro atoms. The highest BCUT2D eigenvalue weighted by atomic mass is 79.9. The van der Waals surface area contributed by atoms with Crippen molar-refractivity contribution >= 4 is 53.6 Å². The average Bonchev–Trinajstić information content (AvgIpc) is 2.44. The Kier molecular flexibility index (Phi) is 5.80. The minimum Gasteiger partial charge on any atom is -0.369 e. The Balaban J connectivity index is 2.59. The Morgan fingerprint density at radius 2 is 1.81 bits per heavy atom. The molecule has 1 aromatic heterocycles. The zero-order chi connectivity index (χ0) is 15.6. The lowest BCUT2D eigenvalue weighted by Gasteiger charge is -2.14. The van der Waals surface area contributed by atoms with Crippen molar-refractivity contribution in [1.82, 2.24) is 9.97 Å². The summed E-state index contributed by atoms with van der Waals surface area (Å²) in [6.45, 7) is 7.13. The van der Waals surface area contributed by atoms with Crippen molar-refractivity contribution in [1.29, 1.82) is 0 Å². The number of halogens is 3. The number of hydrogen-bond donors (Lipinski definition) is 1. The number of benzene rings is 1. The van der Waals surface area contributed by atoms with Crippen LogP contribution in [0.2, 0.25) is 0 Å². The molecule has 0 aliphatic carbocycles. The third-order valence-corrected chi connectivity index (χ3v) is 5.61. The summed E-state index contributed by atoms with van der Waals surface area (Å²) in [5, 5.41) is 3.29. The monoisotopic (exact) mass is 475 g/mol. The Morgan fingerprint density at radius 1 is 1.10 bits per heavy atom. The second kappa shape index (κ2) is 7.20. The van der Waals surface area contributed by atoms with Crippen molar-refractivity contribution in [3.05, 3.63) is 37.3 Å². The summed E-state index contributed by atoms with van der Waals surface area (Å²) in [6.07, 6.45) is 0. The summed E-state index contributed by atoms with van der Waals surface area (Å²) in [4.78, 5) is 9.36. The summed E-state index contributed by atoms with van der Waals surface area (Å²) < 4.78 is 2.95. The molecule has 0 saturated carbocycles. The smallest absolute Gasteiger partial charge is 0.161 e. The van der Waals surface area contributed by atoms with Gasteiger partial charge in [-0.3, -0.25) is 0 Å². The lowest BCUT2D eigenvalue weighted by atomic mass is 10.1. The van der Waals surface area contributed by atoms with Crippen LogP contribution in [0.15, 0.2) is 31.6 Å². The molecule has 112 valence electrons. The highest BCUT2D eigenvalue weighted by Crippen LogP contribution is 2.33. The molecular weight excluding hydrogens is 462 g/mol. The molecule has 1 aromatic carbocycles. The highest BCUT2D eigenvalue weighted by Gasteiger charge is 2.16. The van der Waals surface area contributed by atoms with Crippen LogP contribution in [-0.4, -0.2) is 16.5 Å². The minimum absolute atomic E-state index is 0.317. The summed E-state index contributed by atoms with van der Waals surface area (Å²) in [5.74, 6) is 1.88. The van der Waals surface area contributed by atoms with E-state index in [0.717, 1.165) is 42.9 Å². The maximum absolute atomic E-state index is 4.72. The Hall–Kier alpha value is -0.460. The second-order valence-corrected chi connectivity index (χ2v) is 7.41. The van der Waals surface area contributed by atoms with Gasteiger partial charge in [0.25, 0.3) is 0 Å². The molecule has 6 heteroatoms. The van der Waals surface area contributed by atoms with E-state index < -0.39 is 0 Å². The summed E-state index contributed by atoms with van der Waals surface area (Å²) in [5.41, 5.74) is 1.99. The maximum Gasteiger partial charge on any atom is 0.161 e. The van der Waals surface area contributed by atoms with E-state index in [1.54, 1.807) is 0 Å². The van der Waals surface area contributed by atoms with Gasteiger partial charge in [0.15, 0.2) is 5.82 Å². The van der Waals surface area contributed by atoms with Gasteiger partial charge in [-0.25, -0.2) is 9.97 Å². The molecule has 3 nitrogen and oxygen atoms in total. The van der Waals surface area contributed by atoms with E-state index in [1.165, 1.54) is 0 Å². The van der Waals surface area contributed by atoms with Crippen molar-refractivity contribution in [2.75, 3.05) is 11.9 Å². The van der Waals surface area contributed by atoms with Gasteiger partial charge in [0.05, 0.1) is 10.2 Å². The van der Waals surface area contributed by atoms with Crippen LogP contribution in [0.3, 0.4) is 0 Å². The number of nitrogens with zero attached hydrogens (tertiary/aromatic N) is 2. The van der Waals surface area contributed by atoms with Crippen LogP contribution in [0.1, 0.15) is 32.4 Å². The Morgan fingerprint density at radius 3 is 2.38 bits per heavy atom. The maximum atomic E-state index is 4.72. The number of nitrogens with one attached hydrogen (secondary N) is 1. The van der Waals surface area contributed by atoms with Crippen LogP contribution in [0.25, 0.3) is 11.4 Å². The van der Waals surface area contributed by atoms with Crippen LogP contribution < -0.4 is 5.32 Å². The van der Waals surface area contributed by atoms with Crippen LogP contribution >= 0.6 is 47.8 Å². The molecule has 0 unspecified atom stereocenters. The molecule has 2 aromatic rings. The van der Waals surface area contributed by atoms with Crippen LogP contribution in [-0.2, 0) is 0 Å². The fraction of sp³-hybridized carbons (Fsp3) is 0.333. The van der Waals surface area contributed by atoms with Gasteiger partial charge >= 0.3 is 0 Å². The molecule has 0 aliphatic heterocycles. The summed E-state index contributed by atoms with van der Waals surface area (Å²) >= 11 is 10.6. The van der Waals surface area contributed by atoms with Crippen LogP contribution in [0.4, 0.5) is 5.82 Å². The zero-order valence-electron chi connectivity index (χ0n) is 12.0. The molecule has 2 rings (SSSR count). The van der Waals surface area contributed by atoms with Crippen molar-refractivity contribution in [3.63, 3.8) is 0 Å². The first-order chi connectivity index (χ1) is 9.93. The standard InChI is InChI=1S/C15H16Br3N3/c1-4-19-15-12(18)13(8(2)3)20-14(21-15)9-5-6-10(16)11(17)7-9/h5-8H,4H2,1-3H3,(H,19,20,21). The minimum atomic E-state index is 0.317.